The maximum Gasteiger partial charge on any atom is 0.325 e. The minimum absolute atomic E-state index is 0.199. The topological polar surface area (TPSA) is 42.4 Å². The Kier molecular flexibility index (Phi) is 4.08. The van der Waals surface area contributed by atoms with Crippen LogP contribution in [0.5, 0.6) is 0 Å². The molecule has 0 saturated heterocycles. The van der Waals surface area contributed by atoms with Crippen LogP contribution in [-0.4, -0.2) is 31.7 Å². The molecule has 0 aliphatic rings. The molecule has 0 N–H and O–H groups in total. The summed E-state index contributed by atoms with van der Waals surface area (Å²) < 4.78 is 5.53. The third kappa shape index (κ3) is 3.20. The molecule has 0 unspecified atom stereocenters. The number of aromatic nitrogens is 1. The first-order valence-corrected chi connectivity index (χ1v) is 5.24. The summed E-state index contributed by atoms with van der Waals surface area (Å²) in [5.41, 5.74) is 1.08. The number of carbonyl (C=O) groups is 1. The Morgan fingerprint density at radius 1 is 1.67 bits per heavy atom. The van der Waals surface area contributed by atoms with Crippen LogP contribution in [0.25, 0.3) is 0 Å². The predicted octanol–water partition coefficient (Wildman–Crippen LogP) is 1.76. The summed E-state index contributed by atoms with van der Waals surface area (Å²) in [7, 11) is 3.17. The smallest absolute Gasteiger partial charge is 0.325 e. The van der Waals surface area contributed by atoms with Gasteiger partial charge >= 0.3 is 5.97 Å². The van der Waals surface area contributed by atoms with Gasteiger partial charge in [-0.1, -0.05) is 0 Å². The number of hydrogen-bond acceptors (Lipinski definition) is 4. The van der Waals surface area contributed by atoms with Crippen molar-refractivity contribution in [1.82, 2.24) is 4.98 Å². The molecule has 0 atom stereocenters. The molecule has 82 valence electrons. The van der Waals surface area contributed by atoms with Crippen molar-refractivity contribution in [3.63, 3.8) is 0 Å². The van der Waals surface area contributed by atoms with Gasteiger partial charge < -0.3 is 9.64 Å². The van der Waals surface area contributed by atoms with Crippen molar-refractivity contribution < 1.29 is 9.53 Å². The largest absolute Gasteiger partial charge is 0.468 e. The average molecular weight is 273 g/mol. The lowest BCUT2D eigenvalue weighted by Gasteiger charge is -2.17. The van der Waals surface area contributed by atoms with E-state index in [0.717, 1.165) is 15.9 Å². The van der Waals surface area contributed by atoms with Crippen LogP contribution in [0.2, 0.25) is 0 Å². The second-order valence-electron chi connectivity index (χ2n) is 3.22. The molecule has 0 aliphatic heterocycles. The van der Waals surface area contributed by atoms with Gasteiger partial charge in [0.05, 0.1) is 7.11 Å². The Bertz CT molecular complexity index is 368. The average Bonchev–Trinajstić information content (AvgIpc) is 2.21. The van der Waals surface area contributed by atoms with Crippen molar-refractivity contribution >= 4 is 27.7 Å². The monoisotopic (exact) mass is 272 g/mol. The third-order valence-electron chi connectivity index (χ3n) is 2.02. The molecule has 5 heteroatoms. The summed E-state index contributed by atoms with van der Waals surface area (Å²) in [4.78, 5) is 17.0. The van der Waals surface area contributed by atoms with Gasteiger partial charge in [0.2, 0.25) is 0 Å². The second-order valence-corrected chi connectivity index (χ2v) is 4.08. The molecule has 1 aromatic heterocycles. The van der Waals surface area contributed by atoms with Gasteiger partial charge in [-0.25, -0.2) is 4.98 Å². The molecule has 15 heavy (non-hydrogen) atoms. The Morgan fingerprint density at radius 3 is 2.87 bits per heavy atom. The quantitative estimate of drug-likeness (QED) is 0.787. The molecule has 0 amide bonds. The van der Waals surface area contributed by atoms with Crippen molar-refractivity contribution in [2.24, 2.45) is 0 Å². The number of pyridine rings is 1. The van der Waals surface area contributed by atoms with Gasteiger partial charge in [0.1, 0.15) is 12.4 Å². The van der Waals surface area contributed by atoms with Gasteiger partial charge in [-0.15, -0.1) is 0 Å². The number of aryl methyl sites for hydroxylation is 1. The van der Waals surface area contributed by atoms with E-state index in [4.69, 9.17) is 0 Å². The number of nitrogens with zero attached hydrogens (tertiary/aromatic N) is 2. The lowest BCUT2D eigenvalue weighted by molar-refractivity contribution is -0.138. The third-order valence-corrected chi connectivity index (χ3v) is 2.85. The van der Waals surface area contributed by atoms with Crippen molar-refractivity contribution in [2.75, 3.05) is 25.6 Å². The van der Waals surface area contributed by atoms with Gasteiger partial charge in [-0.05, 0) is 34.5 Å². The molecule has 1 heterocycles. The summed E-state index contributed by atoms with van der Waals surface area (Å²) in [5.74, 6) is 0.473. The van der Waals surface area contributed by atoms with Crippen LogP contribution in [0, 0.1) is 6.92 Å². The van der Waals surface area contributed by atoms with Gasteiger partial charge in [-0.2, -0.15) is 0 Å². The number of likely N-dealkylation sites (N-methyl/N-ethyl adjacent to an activating group) is 1. The minimum atomic E-state index is -0.278. The highest BCUT2D eigenvalue weighted by Crippen LogP contribution is 2.18. The Morgan fingerprint density at radius 2 is 2.33 bits per heavy atom. The number of methoxy groups -OCH3 is 1. The van der Waals surface area contributed by atoms with E-state index >= 15 is 0 Å². The second kappa shape index (κ2) is 5.11. The first kappa shape index (κ1) is 12.0. The van der Waals surface area contributed by atoms with Crippen LogP contribution in [0.4, 0.5) is 5.82 Å². The molecule has 0 aliphatic carbocycles. The van der Waals surface area contributed by atoms with Crippen molar-refractivity contribution in [3.05, 3.63) is 22.3 Å². The zero-order valence-electron chi connectivity index (χ0n) is 8.95. The standard InChI is InChI=1S/C10H13BrN2O2/c1-7-4-9(12-5-8(7)11)13(2)6-10(14)15-3/h4-5H,6H2,1-3H3. The lowest BCUT2D eigenvalue weighted by Crippen LogP contribution is -2.27. The van der Waals surface area contributed by atoms with E-state index in [2.05, 4.69) is 25.7 Å². The number of halogens is 1. The molecule has 0 aromatic carbocycles. The van der Waals surface area contributed by atoms with Crippen LogP contribution in [0.15, 0.2) is 16.7 Å². The SMILES string of the molecule is COC(=O)CN(C)c1cc(C)c(Br)cn1. The predicted molar refractivity (Wildman–Crippen MR) is 62.0 cm³/mol. The van der Waals surface area contributed by atoms with Crippen molar-refractivity contribution in [2.45, 2.75) is 6.92 Å². The summed E-state index contributed by atoms with van der Waals surface area (Å²) >= 11 is 3.37. The molecule has 4 nitrogen and oxygen atoms in total. The lowest BCUT2D eigenvalue weighted by atomic mass is 10.3. The van der Waals surface area contributed by atoms with Crippen molar-refractivity contribution in [1.29, 1.82) is 0 Å². The molecule has 0 bridgehead atoms. The fourth-order valence-electron chi connectivity index (χ4n) is 1.07. The van der Waals surface area contributed by atoms with Gasteiger partial charge in [-0.3, -0.25) is 4.79 Å². The van der Waals surface area contributed by atoms with E-state index in [-0.39, 0.29) is 12.5 Å². The maximum atomic E-state index is 11.0. The molecule has 0 saturated carbocycles. The fourth-order valence-corrected chi connectivity index (χ4v) is 1.29. The molecule has 0 spiro atoms. The number of anilines is 1. The molecule has 0 radical (unpaired) electrons. The van der Waals surface area contributed by atoms with Crippen LogP contribution < -0.4 is 4.90 Å². The summed E-state index contributed by atoms with van der Waals surface area (Å²) in [6.45, 7) is 2.17. The highest BCUT2D eigenvalue weighted by atomic mass is 79.9. The molecule has 1 rings (SSSR count). The molecular formula is C10H13BrN2O2. The van der Waals surface area contributed by atoms with E-state index < -0.39 is 0 Å². The zero-order chi connectivity index (χ0) is 11.4. The molecular weight excluding hydrogens is 260 g/mol. The number of carbonyl (C=O) groups excluding carboxylic acids is 1. The van der Waals surface area contributed by atoms with Crippen LogP contribution in [0.1, 0.15) is 5.56 Å². The van der Waals surface area contributed by atoms with E-state index in [1.54, 1.807) is 18.1 Å². The van der Waals surface area contributed by atoms with E-state index in [1.807, 2.05) is 13.0 Å². The van der Waals surface area contributed by atoms with Gasteiger partial charge in [0, 0.05) is 17.7 Å². The van der Waals surface area contributed by atoms with Crippen LogP contribution >= 0.6 is 15.9 Å². The first-order valence-electron chi connectivity index (χ1n) is 4.44. The molecule has 0 fully saturated rings. The zero-order valence-corrected chi connectivity index (χ0v) is 10.5. The summed E-state index contributed by atoms with van der Waals surface area (Å²) in [6, 6.07) is 1.91. The Hall–Kier alpha value is -1.10. The Labute approximate surface area is 97.4 Å². The fraction of sp³-hybridized carbons (Fsp3) is 0.400. The van der Waals surface area contributed by atoms with Gasteiger partial charge in [0.15, 0.2) is 0 Å². The number of esters is 1. The van der Waals surface area contributed by atoms with Crippen LogP contribution in [-0.2, 0) is 9.53 Å². The molecule has 1 aromatic rings. The minimum Gasteiger partial charge on any atom is -0.468 e. The van der Waals surface area contributed by atoms with E-state index in [9.17, 15) is 4.79 Å². The summed E-state index contributed by atoms with van der Waals surface area (Å²) in [5, 5.41) is 0. The van der Waals surface area contributed by atoms with Crippen LogP contribution in [0.3, 0.4) is 0 Å². The highest BCUT2D eigenvalue weighted by molar-refractivity contribution is 9.10. The number of rotatable bonds is 3. The Balaban J connectivity index is 2.78. The van der Waals surface area contributed by atoms with E-state index in [0.29, 0.717) is 0 Å². The number of ether oxygens (including phenoxy) is 1. The normalized spacial score (nSPS) is 9.87. The number of hydrogen-bond donors (Lipinski definition) is 0. The highest BCUT2D eigenvalue weighted by Gasteiger charge is 2.09. The maximum absolute atomic E-state index is 11.0. The van der Waals surface area contributed by atoms with E-state index in [1.165, 1.54) is 7.11 Å². The summed E-state index contributed by atoms with van der Waals surface area (Å²) in [6.07, 6.45) is 1.72. The van der Waals surface area contributed by atoms with Crippen molar-refractivity contribution in [3.8, 4) is 0 Å². The van der Waals surface area contributed by atoms with Gasteiger partial charge in [0.25, 0.3) is 0 Å². The first-order chi connectivity index (χ1) is 7.04.